The van der Waals surface area contributed by atoms with Gasteiger partial charge in [-0.05, 0) is 37.8 Å². The fourth-order valence-electron chi connectivity index (χ4n) is 2.59. The molecule has 1 atom stereocenters. The summed E-state index contributed by atoms with van der Waals surface area (Å²) < 4.78 is 26.2. The van der Waals surface area contributed by atoms with Crippen molar-refractivity contribution in [2.45, 2.75) is 32.2 Å². The van der Waals surface area contributed by atoms with Gasteiger partial charge in [0.2, 0.25) is 10.0 Å². The van der Waals surface area contributed by atoms with E-state index >= 15 is 0 Å². The second-order valence-corrected chi connectivity index (χ2v) is 7.57. The number of sulfonamides is 1. The third-order valence-corrected chi connectivity index (χ3v) is 5.85. The Morgan fingerprint density at radius 1 is 1.40 bits per heavy atom. The molecule has 0 aliphatic carbocycles. The minimum absolute atomic E-state index is 0.132. The van der Waals surface area contributed by atoms with Gasteiger partial charge < -0.3 is 5.73 Å². The number of piperidine rings is 1. The highest BCUT2D eigenvalue weighted by Gasteiger charge is 2.29. The highest BCUT2D eigenvalue weighted by atomic mass is 32.2. The van der Waals surface area contributed by atoms with E-state index in [1.165, 1.54) is 0 Å². The summed E-state index contributed by atoms with van der Waals surface area (Å²) >= 11 is 0. The molecular formula is C14H23N3O2S. The molecule has 1 aromatic rings. The second-order valence-electron chi connectivity index (χ2n) is 5.48. The molecule has 1 unspecified atom stereocenters. The van der Waals surface area contributed by atoms with Crippen molar-refractivity contribution in [2.75, 3.05) is 18.8 Å². The highest BCUT2D eigenvalue weighted by Crippen LogP contribution is 2.22. The Kier molecular flexibility index (Phi) is 5.12. The minimum Gasteiger partial charge on any atom is -0.328 e. The maximum Gasteiger partial charge on any atom is 0.214 e. The first-order valence-corrected chi connectivity index (χ1v) is 8.73. The normalized spacial score (nSPS) is 19.9. The van der Waals surface area contributed by atoms with Crippen LogP contribution < -0.4 is 5.73 Å². The maximum atomic E-state index is 12.3. The number of nitrogens with two attached hydrogens (primary N) is 1. The van der Waals surface area contributed by atoms with Gasteiger partial charge in [-0.15, -0.1) is 0 Å². The Morgan fingerprint density at radius 2 is 2.10 bits per heavy atom. The van der Waals surface area contributed by atoms with Gasteiger partial charge >= 0.3 is 0 Å². The molecule has 1 aliphatic heterocycles. The summed E-state index contributed by atoms with van der Waals surface area (Å²) in [6.07, 6.45) is 3.88. The molecule has 0 radical (unpaired) electrons. The molecule has 1 saturated heterocycles. The highest BCUT2D eigenvalue weighted by molar-refractivity contribution is 7.89. The molecule has 20 heavy (non-hydrogen) atoms. The molecule has 2 N–H and O–H groups in total. The van der Waals surface area contributed by atoms with E-state index in [0.717, 1.165) is 18.5 Å². The van der Waals surface area contributed by atoms with Crippen molar-refractivity contribution < 1.29 is 8.42 Å². The fraction of sp³-hybridized carbons (Fsp3) is 0.643. The number of aromatic nitrogens is 1. The fourth-order valence-corrected chi connectivity index (χ4v) is 4.08. The predicted molar refractivity (Wildman–Crippen MR) is 79.7 cm³/mol. The van der Waals surface area contributed by atoms with Gasteiger partial charge in [-0.25, -0.2) is 12.7 Å². The lowest BCUT2D eigenvalue weighted by Crippen LogP contribution is -2.43. The zero-order chi connectivity index (χ0) is 14.6. The van der Waals surface area contributed by atoms with E-state index < -0.39 is 10.0 Å². The minimum atomic E-state index is -3.18. The van der Waals surface area contributed by atoms with Crippen LogP contribution in [0.1, 0.15) is 25.5 Å². The van der Waals surface area contributed by atoms with Crippen molar-refractivity contribution in [2.24, 2.45) is 11.7 Å². The van der Waals surface area contributed by atoms with Crippen LogP contribution in [-0.2, 0) is 16.4 Å². The Morgan fingerprint density at radius 3 is 2.65 bits per heavy atom. The van der Waals surface area contributed by atoms with Crippen LogP contribution in [0.15, 0.2) is 24.4 Å². The number of hydrogen-bond donors (Lipinski definition) is 1. The Balaban J connectivity index is 1.88. The standard InChI is InChI=1S/C14H23N3O2S/c1-12(15)13-5-9-17(10-6-13)20(18,19)11-7-14-4-2-3-8-16-14/h2-4,8,12-13H,5-7,9-11,15H2,1H3. The van der Waals surface area contributed by atoms with Crippen LogP contribution in [0.5, 0.6) is 0 Å². The zero-order valence-corrected chi connectivity index (χ0v) is 12.7. The van der Waals surface area contributed by atoms with Crippen LogP contribution in [0.3, 0.4) is 0 Å². The van der Waals surface area contributed by atoms with Crippen LogP contribution in [0.25, 0.3) is 0 Å². The molecule has 2 heterocycles. The maximum absolute atomic E-state index is 12.3. The number of aryl methyl sites for hydroxylation is 1. The molecule has 5 nitrogen and oxygen atoms in total. The van der Waals surface area contributed by atoms with E-state index in [1.807, 2.05) is 25.1 Å². The van der Waals surface area contributed by atoms with Crippen molar-refractivity contribution in [3.63, 3.8) is 0 Å². The first kappa shape index (κ1) is 15.4. The smallest absolute Gasteiger partial charge is 0.214 e. The molecule has 2 rings (SSSR count). The third-order valence-electron chi connectivity index (χ3n) is 3.98. The van der Waals surface area contributed by atoms with Gasteiger partial charge in [0.05, 0.1) is 5.75 Å². The lowest BCUT2D eigenvalue weighted by Gasteiger charge is -2.32. The molecule has 112 valence electrons. The predicted octanol–water partition coefficient (Wildman–Crippen LogP) is 1.01. The molecule has 0 amide bonds. The van der Waals surface area contributed by atoms with Crippen molar-refractivity contribution in [3.05, 3.63) is 30.1 Å². The van der Waals surface area contributed by atoms with Crippen molar-refractivity contribution in [3.8, 4) is 0 Å². The summed E-state index contributed by atoms with van der Waals surface area (Å²) in [5, 5.41) is 0. The quantitative estimate of drug-likeness (QED) is 0.880. The van der Waals surface area contributed by atoms with Gasteiger partial charge in [-0.3, -0.25) is 4.98 Å². The molecule has 1 aliphatic rings. The monoisotopic (exact) mass is 297 g/mol. The second kappa shape index (κ2) is 6.65. The first-order chi connectivity index (χ1) is 9.49. The van der Waals surface area contributed by atoms with Crippen LogP contribution >= 0.6 is 0 Å². The van der Waals surface area contributed by atoms with Gasteiger partial charge in [0.15, 0.2) is 0 Å². The first-order valence-electron chi connectivity index (χ1n) is 7.12. The van der Waals surface area contributed by atoms with Crippen LogP contribution in [-0.4, -0.2) is 42.6 Å². The molecule has 1 aromatic heterocycles. The molecular weight excluding hydrogens is 274 g/mol. The summed E-state index contributed by atoms with van der Waals surface area (Å²) in [7, 11) is -3.18. The third kappa shape index (κ3) is 4.01. The molecule has 0 bridgehead atoms. The topological polar surface area (TPSA) is 76.3 Å². The van der Waals surface area contributed by atoms with Crippen molar-refractivity contribution >= 4 is 10.0 Å². The van der Waals surface area contributed by atoms with Crippen LogP contribution in [0, 0.1) is 5.92 Å². The van der Waals surface area contributed by atoms with E-state index in [1.54, 1.807) is 10.5 Å². The Hall–Kier alpha value is -0.980. The number of pyridine rings is 1. The van der Waals surface area contributed by atoms with E-state index in [9.17, 15) is 8.42 Å². The average Bonchev–Trinajstić information content (AvgIpc) is 2.46. The lowest BCUT2D eigenvalue weighted by molar-refractivity contribution is 0.251. The summed E-state index contributed by atoms with van der Waals surface area (Å²) in [5.41, 5.74) is 6.70. The van der Waals surface area contributed by atoms with Gasteiger partial charge in [-0.1, -0.05) is 6.07 Å². The molecule has 0 saturated carbocycles. The summed E-state index contributed by atoms with van der Waals surface area (Å²) in [6, 6.07) is 5.71. The Bertz CT molecular complexity index is 508. The van der Waals surface area contributed by atoms with E-state index in [0.29, 0.717) is 25.4 Å². The van der Waals surface area contributed by atoms with Crippen molar-refractivity contribution in [1.29, 1.82) is 0 Å². The summed E-state index contributed by atoms with van der Waals surface area (Å²) in [6.45, 7) is 3.18. The summed E-state index contributed by atoms with van der Waals surface area (Å²) in [4.78, 5) is 4.16. The molecule has 6 heteroatoms. The van der Waals surface area contributed by atoms with E-state index in [4.69, 9.17) is 5.73 Å². The number of rotatable bonds is 5. The van der Waals surface area contributed by atoms with Gasteiger partial charge in [0.25, 0.3) is 0 Å². The van der Waals surface area contributed by atoms with Gasteiger partial charge in [0, 0.05) is 37.4 Å². The largest absolute Gasteiger partial charge is 0.328 e. The van der Waals surface area contributed by atoms with Gasteiger partial charge in [0.1, 0.15) is 0 Å². The SMILES string of the molecule is CC(N)C1CCN(S(=O)(=O)CCc2ccccn2)CC1. The van der Waals surface area contributed by atoms with Gasteiger partial charge in [-0.2, -0.15) is 0 Å². The number of nitrogens with zero attached hydrogens (tertiary/aromatic N) is 2. The van der Waals surface area contributed by atoms with E-state index in [-0.39, 0.29) is 11.8 Å². The van der Waals surface area contributed by atoms with Crippen molar-refractivity contribution in [1.82, 2.24) is 9.29 Å². The average molecular weight is 297 g/mol. The molecule has 1 fully saturated rings. The van der Waals surface area contributed by atoms with Crippen LogP contribution in [0.2, 0.25) is 0 Å². The Labute approximate surface area is 121 Å². The van der Waals surface area contributed by atoms with Crippen LogP contribution in [0.4, 0.5) is 0 Å². The number of hydrogen-bond acceptors (Lipinski definition) is 4. The zero-order valence-electron chi connectivity index (χ0n) is 11.9. The lowest BCUT2D eigenvalue weighted by atomic mass is 9.92. The molecule has 0 spiro atoms. The summed E-state index contributed by atoms with van der Waals surface area (Å²) in [5.74, 6) is 0.574. The molecule has 0 aromatic carbocycles. The van der Waals surface area contributed by atoms with E-state index in [2.05, 4.69) is 4.98 Å².